The number of benzene rings is 1. The van der Waals surface area contributed by atoms with Crippen molar-refractivity contribution in [3.63, 3.8) is 0 Å². The van der Waals surface area contributed by atoms with Gasteiger partial charge in [-0.05, 0) is 38.0 Å². The van der Waals surface area contributed by atoms with Crippen LogP contribution in [0.1, 0.15) is 32.8 Å². The highest BCUT2D eigenvalue weighted by Crippen LogP contribution is 2.18. The first-order valence-corrected chi connectivity index (χ1v) is 8.45. The molecule has 1 atom stereocenters. The highest BCUT2D eigenvalue weighted by atomic mass is 16.3. The van der Waals surface area contributed by atoms with Gasteiger partial charge in [-0.15, -0.1) is 0 Å². The molecule has 1 aromatic carbocycles. The summed E-state index contributed by atoms with van der Waals surface area (Å²) in [4.78, 5) is 16.0. The van der Waals surface area contributed by atoms with E-state index >= 15 is 0 Å². The molecule has 2 rings (SSSR count). The zero-order valence-corrected chi connectivity index (χ0v) is 14.5. The molecule has 1 amide bonds. The molecule has 0 aromatic heterocycles. The summed E-state index contributed by atoms with van der Waals surface area (Å²) in [6, 6.07) is 8.99. The molecule has 0 saturated carbocycles. The quantitative estimate of drug-likeness (QED) is 0.841. The fraction of sp³-hybridized carbons (Fsp3) is 0.611. The average Bonchev–Trinajstić information content (AvgIpc) is 2.49. The summed E-state index contributed by atoms with van der Waals surface area (Å²) in [7, 11) is 0. The topological polar surface area (TPSA) is 55.8 Å². The normalized spacial score (nSPS) is 20.0. The Morgan fingerprint density at radius 1 is 1.30 bits per heavy atom. The molecule has 1 fully saturated rings. The third-order valence-corrected chi connectivity index (χ3v) is 4.42. The minimum atomic E-state index is -0.0468. The van der Waals surface area contributed by atoms with Crippen molar-refractivity contribution in [2.45, 2.75) is 45.8 Å². The number of carbonyl (C=O) groups is 1. The van der Waals surface area contributed by atoms with Gasteiger partial charge in [0.1, 0.15) is 0 Å². The van der Waals surface area contributed by atoms with Crippen molar-refractivity contribution in [1.29, 1.82) is 0 Å². The molecule has 0 spiro atoms. The summed E-state index contributed by atoms with van der Waals surface area (Å²) in [6.45, 7) is 10.2. The molecular formula is C18H29N3O2. The Bertz CT molecular complexity index is 501. The van der Waals surface area contributed by atoms with Crippen molar-refractivity contribution in [3.05, 3.63) is 29.8 Å². The van der Waals surface area contributed by atoms with Crippen LogP contribution in [-0.2, 0) is 11.3 Å². The van der Waals surface area contributed by atoms with Crippen LogP contribution in [0.15, 0.2) is 24.3 Å². The van der Waals surface area contributed by atoms with Gasteiger partial charge in [0.05, 0.1) is 0 Å². The summed E-state index contributed by atoms with van der Waals surface area (Å²) in [5, 5.41) is 12.1. The second kappa shape index (κ2) is 8.43. The maximum absolute atomic E-state index is 11.1. The zero-order valence-electron chi connectivity index (χ0n) is 14.5. The lowest BCUT2D eigenvalue weighted by atomic mass is 10.1. The molecule has 0 aliphatic carbocycles. The average molecular weight is 319 g/mol. The molecule has 1 aliphatic rings. The van der Waals surface area contributed by atoms with Crippen molar-refractivity contribution in [3.8, 4) is 0 Å². The van der Waals surface area contributed by atoms with Crippen molar-refractivity contribution >= 4 is 11.6 Å². The van der Waals surface area contributed by atoms with Gasteiger partial charge in [0.2, 0.25) is 5.91 Å². The molecule has 23 heavy (non-hydrogen) atoms. The van der Waals surface area contributed by atoms with E-state index in [4.69, 9.17) is 0 Å². The maximum atomic E-state index is 11.1. The third kappa shape index (κ3) is 5.30. The van der Waals surface area contributed by atoms with E-state index in [-0.39, 0.29) is 12.5 Å². The SMILES string of the molecule is CC(=O)Nc1ccc(CN2CCN(C(C)C)[C@H](CCO)C2)cc1. The molecule has 1 aliphatic heterocycles. The minimum Gasteiger partial charge on any atom is -0.396 e. The molecule has 1 heterocycles. The third-order valence-electron chi connectivity index (χ3n) is 4.42. The van der Waals surface area contributed by atoms with E-state index in [2.05, 4.69) is 41.1 Å². The van der Waals surface area contributed by atoms with Crippen LogP contribution in [0.5, 0.6) is 0 Å². The van der Waals surface area contributed by atoms with Gasteiger partial charge in [-0.1, -0.05) is 12.1 Å². The lowest BCUT2D eigenvalue weighted by Crippen LogP contribution is -2.55. The predicted octanol–water partition coefficient (Wildman–Crippen LogP) is 1.92. The van der Waals surface area contributed by atoms with Crippen molar-refractivity contribution in [2.75, 3.05) is 31.6 Å². The standard InChI is InChI=1S/C18H29N3O2/c1-14(2)21-10-9-20(13-18(21)8-11-22)12-16-4-6-17(7-5-16)19-15(3)23/h4-7,14,18,22H,8-13H2,1-3H3,(H,19,23)/t18-/m1/s1. The smallest absolute Gasteiger partial charge is 0.221 e. The van der Waals surface area contributed by atoms with Crippen LogP contribution in [0.2, 0.25) is 0 Å². The molecule has 0 unspecified atom stereocenters. The summed E-state index contributed by atoms with van der Waals surface area (Å²) in [5.41, 5.74) is 2.09. The number of amides is 1. The Labute approximate surface area is 139 Å². The van der Waals surface area contributed by atoms with Gasteiger partial charge >= 0.3 is 0 Å². The largest absolute Gasteiger partial charge is 0.396 e. The zero-order chi connectivity index (χ0) is 16.8. The number of hydrogen-bond donors (Lipinski definition) is 2. The second-order valence-corrected chi connectivity index (χ2v) is 6.61. The predicted molar refractivity (Wildman–Crippen MR) is 93.4 cm³/mol. The first-order valence-electron chi connectivity index (χ1n) is 8.45. The molecule has 5 nitrogen and oxygen atoms in total. The molecule has 128 valence electrons. The Morgan fingerprint density at radius 2 is 2.00 bits per heavy atom. The van der Waals surface area contributed by atoms with Gasteiger partial charge < -0.3 is 10.4 Å². The molecule has 2 N–H and O–H groups in total. The van der Waals surface area contributed by atoms with Crippen LogP contribution in [0, 0.1) is 0 Å². The summed E-state index contributed by atoms with van der Waals surface area (Å²) in [6.07, 6.45) is 0.830. The number of anilines is 1. The van der Waals surface area contributed by atoms with Gasteiger partial charge in [0.15, 0.2) is 0 Å². The Morgan fingerprint density at radius 3 is 2.57 bits per heavy atom. The molecule has 0 bridgehead atoms. The monoisotopic (exact) mass is 319 g/mol. The van der Waals surface area contributed by atoms with Crippen LogP contribution < -0.4 is 5.32 Å². The second-order valence-electron chi connectivity index (χ2n) is 6.61. The lowest BCUT2D eigenvalue weighted by Gasteiger charge is -2.43. The summed E-state index contributed by atoms with van der Waals surface area (Å²) in [5.74, 6) is -0.0468. The summed E-state index contributed by atoms with van der Waals surface area (Å²) >= 11 is 0. The van der Waals surface area contributed by atoms with Gasteiger partial charge in [0, 0.05) is 57.5 Å². The van der Waals surface area contributed by atoms with Crippen LogP contribution in [0.4, 0.5) is 5.69 Å². The molecule has 0 radical (unpaired) electrons. The number of rotatable bonds is 6. The van der Waals surface area contributed by atoms with Crippen LogP contribution in [-0.4, -0.2) is 59.1 Å². The van der Waals surface area contributed by atoms with E-state index in [1.165, 1.54) is 12.5 Å². The van der Waals surface area contributed by atoms with Crippen LogP contribution in [0.3, 0.4) is 0 Å². The number of nitrogens with zero attached hydrogens (tertiary/aromatic N) is 2. The Balaban J connectivity index is 1.93. The fourth-order valence-electron chi connectivity index (χ4n) is 3.32. The van der Waals surface area contributed by atoms with Gasteiger partial charge in [-0.25, -0.2) is 0 Å². The number of hydrogen-bond acceptors (Lipinski definition) is 4. The van der Waals surface area contributed by atoms with Crippen molar-refractivity contribution < 1.29 is 9.90 Å². The van der Waals surface area contributed by atoms with Crippen molar-refractivity contribution in [1.82, 2.24) is 9.80 Å². The van der Waals surface area contributed by atoms with Gasteiger partial charge in [-0.2, -0.15) is 0 Å². The Kier molecular flexibility index (Phi) is 6.57. The van der Waals surface area contributed by atoms with E-state index in [9.17, 15) is 9.90 Å². The number of piperazine rings is 1. The van der Waals surface area contributed by atoms with E-state index in [1.54, 1.807) is 0 Å². The molecular weight excluding hydrogens is 290 g/mol. The van der Waals surface area contributed by atoms with Crippen LogP contribution in [0.25, 0.3) is 0 Å². The fourth-order valence-corrected chi connectivity index (χ4v) is 3.32. The Hall–Kier alpha value is -1.43. The highest BCUT2D eigenvalue weighted by molar-refractivity contribution is 5.88. The molecule has 1 aromatic rings. The minimum absolute atomic E-state index is 0.0468. The summed E-state index contributed by atoms with van der Waals surface area (Å²) < 4.78 is 0. The van der Waals surface area contributed by atoms with E-state index in [0.29, 0.717) is 12.1 Å². The van der Waals surface area contributed by atoms with E-state index in [1.807, 2.05) is 12.1 Å². The van der Waals surface area contributed by atoms with E-state index in [0.717, 1.165) is 38.3 Å². The lowest BCUT2D eigenvalue weighted by molar-refractivity contribution is -0.114. The molecule has 1 saturated heterocycles. The van der Waals surface area contributed by atoms with Gasteiger partial charge in [-0.3, -0.25) is 14.6 Å². The van der Waals surface area contributed by atoms with Crippen molar-refractivity contribution in [2.24, 2.45) is 0 Å². The first-order chi connectivity index (χ1) is 11.0. The maximum Gasteiger partial charge on any atom is 0.221 e. The highest BCUT2D eigenvalue weighted by Gasteiger charge is 2.28. The van der Waals surface area contributed by atoms with E-state index < -0.39 is 0 Å². The number of aliphatic hydroxyl groups excluding tert-OH is 1. The van der Waals surface area contributed by atoms with Gasteiger partial charge in [0.25, 0.3) is 0 Å². The first kappa shape index (κ1) is 17.9. The number of aliphatic hydroxyl groups is 1. The van der Waals surface area contributed by atoms with Crippen LogP contribution >= 0.6 is 0 Å². The number of carbonyl (C=O) groups excluding carboxylic acids is 1. The molecule has 5 heteroatoms. The number of nitrogens with one attached hydrogen (secondary N) is 1.